The molecule has 36 heavy (non-hydrogen) atoms. The quantitative estimate of drug-likeness (QED) is 0.305. The third kappa shape index (κ3) is 3.44. The first-order valence-electron chi connectivity index (χ1n) is 11.6. The first-order valence-corrected chi connectivity index (χ1v) is 11.6. The van der Waals surface area contributed by atoms with Gasteiger partial charge in [0.1, 0.15) is 0 Å². The number of hydrogen-bond acceptors (Lipinski definition) is 6. The summed E-state index contributed by atoms with van der Waals surface area (Å²) < 4.78 is 0. The number of aromatic nitrogens is 4. The van der Waals surface area contributed by atoms with Crippen molar-refractivity contribution < 1.29 is 0 Å². The SMILES string of the molecule is c1ccc2ncc(C3=Nc4ccncc4C(c4cnc5ccccc5c4)=Nc4ccncc43)cc2c1. The van der Waals surface area contributed by atoms with Crippen LogP contribution in [0, 0.1) is 0 Å². The highest BCUT2D eigenvalue weighted by Gasteiger charge is 2.21. The van der Waals surface area contributed by atoms with E-state index >= 15 is 0 Å². The highest BCUT2D eigenvalue weighted by atomic mass is 14.9. The van der Waals surface area contributed by atoms with Crippen LogP contribution in [0.1, 0.15) is 22.3 Å². The number of fused-ring (bicyclic) bond motifs is 4. The van der Waals surface area contributed by atoms with Crippen molar-refractivity contribution in [2.75, 3.05) is 0 Å². The van der Waals surface area contributed by atoms with Gasteiger partial charge in [0.15, 0.2) is 0 Å². The Morgan fingerprint density at radius 3 is 1.44 bits per heavy atom. The van der Waals surface area contributed by atoms with E-state index in [1.807, 2.05) is 73.3 Å². The molecule has 0 saturated heterocycles. The molecule has 0 amide bonds. The molecule has 0 atom stereocenters. The van der Waals surface area contributed by atoms with Gasteiger partial charge < -0.3 is 0 Å². The van der Waals surface area contributed by atoms with Crippen LogP contribution >= 0.6 is 0 Å². The summed E-state index contributed by atoms with van der Waals surface area (Å²) in [4.78, 5) is 28.5. The Kier molecular flexibility index (Phi) is 4.67. The summed E-state index contributed by atoms with van der Waals surface area (Å²) in [6, 6.07) is 24.2. The van der Waals surface area contributed by atoms with E-state index in [9.17, 15) is 0 Å². The third-order valence-electron chi connectivity index (χ3n) is 6.30. The smallest absolute Gasteiger partial charge is 0.0834 e. The van der Waals surface area contributed by atoms with Crippen LogP contribution in [0.5, 0.6) is 0 Å². The molecular weight excluding hydrogens is 444 g/mol. The number of hydrogen-bond donors (Lipinski definition) is 0. The summed E-state index contributed by atoms with van der Waals surface area (Å²) in [6.45, 7) is 0. The predicted octanol–water partition coefficient (Wildman–Crippen LogP) is 6.22. The van der Waals surface area contributed by atoms with Gasteiger partial charge in [0.25, 0.3) is 0 Å². The largest absolute Gasteiger partial charge is 0.264 e. The molecule has 4 aromatic heterocycles. The lowest BCUT2D eigenvalue weighted by atomic mass is 9.98. The minimum Gasteiger partial charge on any atom is -0.264 e. The maximum Gasteiger partial charge on any atom is 0.0834 e. The van der Waals surface area contributed by atoms with Crippen molar-refractivity contribution in [1.29, 1.82) is 0 Å². The van der Waals surface area contributed by atoms with Gasteiger partial charge in [-0.3, -0.25) is 19.9 Å². The van der Waals surface area contributed by atoms with E-state index in [0.29, 0.717) is 0 Å². The molecule has 2 aromatic carbocycles. The maximum absolute atomic E-state index is 5.15. The fourth-order valence-electron chi connectivity index (χ4n) is 4.54. The molecule has 0 N–H and O–H groups in total. The van der Waals surface area contributed by atoms with Gasteiger partial charge in [-0.1, -0.05) is 36.4 Å². The van der Waals surface area contributed by atoms with E-state index < -0.39 is 0 Å². The van der Waals surface area contributed by atoms with Crippen LogP contribution in [0.4, 0.5) is 11.4 Å². The van der Waals surface area contributed by atoms with Crippen molar-refractivity contribution in [3.8, 4) is 0 Å². The first-order chi connectivity index (χ1) is 17.8. The standard InChI is InChI=1S/C30H18N6/c1-3-7-25-19(5-1)13-21(15-33-25)29-23-17-31-11-9-27(23)36-30(24-18-32-12-10-28(24)35-29)22-14-20-6-2-4-8-26(20)34-16-22/h1-18H. The van der Waals surface area contributed by atoms with Gasteiger partial charge in [-0.15, -0.1) is 0 Å². The second-order valence-corrected chi connectivity index (χ2v) is 8.54. The zero-order chi connectivity index (χ0) is 23.9. The summed E-state index contributed by atoms with van der Waals surface area (Å²) in [5, 5.41) is 2.10. The Morgan fingerprint density at radius 2 is 0.944 bits per heavy atom. The van der Waals surface area contributed by atoms with Gasteiger partial charge in [0, 0.05) is 70.2 Å². The topological polar surface area (TPSA) is 76.3 Å². The molecule has 6 aromatic rings. The molecule has 5 heterocycles. The first kappa shape index (κ1) is 20.3. The Bertz CT molecular complexity index is 1720. The molecule has 6 heteroatoms. The third-order valence-corrected chi connectivity index (χ3v) is 6.30. The summed E-state index contributed by atoms with van der Waals surface area (Å²) in [5.41, 5.74) is 8.43. The van der Waals surface area contributed by atoms with Crippen LogP contribution in [0.2, 0.25) is 0 Å². The molecule has 6 nitrogen and oxygen atoms in total. The number of rotatable bonds is 2. The maximum atomic E-state index is 5.15. The second kappa shape index (κ2) is 8.29. The molecule has 0 aliphatic carbocycles. The van der Waals surface area contributed by atoms with Gasteiger partial charge in [0.05, 0.1) is 33.8 Å². The minimum absolute atomic E-state index is 0.767. The number of benzene rings is 2. The Hall–Kier alpha value is -5.10. The average Bonchev–Trinajstić information content (AvgIpc) is 2.94. The van der Waals surface area contributed by atoms with Crippen LogP contribution in [0.3, 0.4) is 0 Å². The Balaban J connectivity index is 1.48. The highest BCUT2D eigenvalue weighted by molar-refractivity contribution is 6.23. The van der Waals surface area contributed by atoms with Gasteiger partial charge in [0.2, 0.25) is 0 Å². The van der Waals surface area contributed by atoms with Crippen LogP contribution in [0.25, 0.3) is 21.8 Å². The summed E-state index contributed by atoms with van der Waals surface area (Å²) in [6.07, 6.45) is 10.8. The van der Waals surface area contributed by atoms with Crippen LogP contribution in [0.15, 0.2) is 120 Å². The number of aliphatic imine (C=N–C) groups is 2. The minimum atomic E-state index is 0.767. The number of nitrogens with zero attached hydrogens (tertiary/aromatic N) is 6. The predicted molar refractivity (Wildman–Crippen MR) is 143 cm³/mol. The summed E-state index contributed by atoms with van der Waals surface area (Å²) in [5.74, 6) is 0. The van der Waals surface area contributed by atoms with Crippen molar-refractivity contribution in [1.82, 2.24) is 19.9 Å². The lowest BCUT2D eigenvalue weighted by Crippen LogP contribution is -2.11. The van der Waals surface area contributed by atoms with Crippen molar-refractivity contribution in [2.24, 2.45) is 9.98 Å². The normalized spacial score (nSPS) is 12.8. The van der Waals surface area contributed by atoms with Gasteiger partial charge >= 0.3 is 0 Å². The molecule has 0 fully saturated rings. The zero-order valence-corrected chi connectivity index (χ0v) is 19.1. The molecule has 1 aliphatic heterocycles. The fraction of sp³-hybridized carbons (Fsp3) is 0. The van der Waals surface area contributed by atoms with Crippen molar-refractivity contribution in [3.63, 3.8) is 0 Å². The molecule has 0 saturated carbocycles. The Morgan fingerprint density at radius 1 is 0.472 bits per heavy atom. The molecule has 168 valence electrons. The van der Waals surface area contributed by atoms with Crippen LogP contribution in [-0.4, -0.2) is 31.4 Å². The number of para-hydroxylation sites is 2. The lowest BCUT2D eigenvalue weighted by molar-refractivity contribution is 1.26. The van der Waals surface area contributed by atoms with E-state index in [1.165, 1.54) is 0 Å². The molecular formula is C30H18N6. The molecule has 1 aliphatic rings. The van der Waals surface area contributed by atoms with E-state index in [0.717, 1.165) is 66.9 Å². The van der Waals surface area contributed by atoms with Crippen LogP contribution < -0.4 is 0 Å². The second-order valence-electron chi connectivity index (χ2n) is 8.54. The molecule has 0 spiro atoms. The Labute approximate surface area is 206 Å². The van der Waals surface area contributed by atoms with Crippen molar-refractivity contribution in [3.05, 3.63) is 132 Å². The van der Waals surface area contributed by atoms with Crippen molar-refractivity contribution in [2.45, 2.75) is 0 Å². The lowest BCUT2D eigenvalue weighted by Gasteiger charge is -2.17. The zero-order valence-electron chi connectivity index (χ0n) is 19.1. The molecule has 7 rings (SSSR count). The molecule has 0 bridgehead atoms. The molecule has 0 unspecified atom stereocenters. The van der Waals surface area contributed by atoms with Crippen LogP contribution in [-0.2, 0) is 0 Å². The average molecular weight is 463 g/mol. The molecule has 0 radical (unpaired) electrons. The fourth-order valence-corrected chi connectivity index (χ4v) is 4.54. The van der Waals surface area contributed by atoms with E-state index in [2.05, 4.69) is 44.2 Å². The van der Waals surface area contributed by atoms with E-state index in [4.69, 9.17) is 9.98 Å². The van der Waals surface area contributed by atoms with Gasteiger partial charge in [-0.05, 0) is 36.4 Å². The van der Waals surface area contributed by atoms with Gasteiger partial charge in [-0.25, -0.2) is 9.98 Å². The highest BCUT2D eigenvalue weighted by Crippen LogP contribution is 2.33. The van der Waals surface area contributed by atoms with Crippen molar-refractivity contribution >= 4 is 44.6 Å². The summed E-state index contributed by atoms with van der Waals surface area (Å²) >= 11 is 0. The summed E-state index contributed by atoms with van der Waals surface area (Å²) in [7, 11) is 0. The van der Waals surface area contributed by atoms with Gasteiger partial charge in [-0.2, -0.15) is 0 Å². The number of pyridine rings is 4. The van der Waals surface area contributed by atoms with E-state index in [-0.39, 0.29) is 0 Å². The monoisotopic (exact) mass is 462 g/mol. The van der Waals surface area contributed by atoms with E-state index in [1.54, 1.807) is 12.4 Å².